The molecule has 4 rings (SSSR count). The van der Waals surface area contributed by atoms with Crippen molar-refractivity contribution in [1.29, 1.82) is 0 Å². The first-order valence-electron chi connectivity index (χ1n) is 10.4. The number of nitrogens with zero attached hydrogens (tertiary/aromatic N) is 1. The molecule has 4 heteroatoms. The summed E-state index contributed by atoms with van der Waals surface area (Å²) in [4.78, 5) is 4.93. The van der Waals surface area contributed by atoms with Crippen LogP contribution in [0.2, 0.25) is 0 Å². The molecule has 31 heavy (non-hydrogen) atoms. The minimum absolute atomic E-state index is 0.229. The Morgan fingerprint density at radius 1 is 0.742 bits per heavy atom. The van der Waals surface area contributed by atoms with Gasteiger partial charge in [-0.25, -0.2) is 0 Å². The number of aromatic hydroxyl groups is 3. The predicted molar refractivity (Wildman–Crippen MR) is 126 cm³/mol. The molecule has 0 bridgehead atoms. The van der Waals surface area contributed by atoms with E-state index in [2.05, 4.69) is 13.0 Å². The molecule has 0 radical (unpaired) electrons. The third-order valence-corrected chi connectivity index (χ3v) is 5.35. The lowest BCUT2D eigenvalue weighted by atomic mass is 9.83. The predicted octanol–water partition coefficient (Wildman–Crippen LogP) is 5.94. The summed E-state index contributed by atoms with van der Waals surface area (Å²) in [5, 5.41) is 29.1. The lowest BCUT2D eigenvalue weighted by Gasteiger charge is -2.25. The average Bonchev–Trinajstić information content (AvgIpc) is 2.77. The van der Waals surface area contributed by atoms with Gasteiger partial charge in [0.2, 0.25) is 0 Å². The number of phenolic OH excluding ortho intramolecular Hbond substituents is 3. The van der Waals surface area contributed by atoms with E-state index in [-0.39, 0.29) is 17.2 Å². The zero-order valence-electron chi connectivity index (χ0n) is 17.4. The number of phenols is 3. The molecule has 3 N–H and O–H groups in total. The van der Waals surface area contributed by atoms with Crippen LogP contribution in [-0.4, -0.2) is 27.6 Å². The summed E-state index contributed by atoms with van der Waals surface area (Å²) >= 11 is 0. The van der Waals surface area contributed by atoms with Crippen molar-refractivity contribution in [3.63, 3.8) is 0 Å². The molecule has 1 heterocycles. The van der Waals surface area contributed by atoms with Gasteiger partial charge in [0.05, 0.1) is 12.3 Å². The fourth-order valence-electron chi connectivity index (χ4n) is 3.91. The summed E-state index contributed by atoms with van der Waals surface area (Å²) in [5.41, 5.74) is 7.28. The van der Waals surface area contributed by atoms with Crippen molar-refractivity contribution in [2.45, 2.75) is 19.8 Å². The summed E-state index contributed by atoms with van der Waals surface area (Å²) < 4.78 is 0. The Morgan fingerprint density at radius 2 is 1.26 bits per heavy atom. The zero-order valence-corrected chi connectivity index (χ0v) is 17.4. The molecule has 0 fully saturated rings. The van der Waals surface area contributed by atoms with Gasteiger partial charge in [0, 0.05) is 5.56 Å². The van der Waals surface area contributed by atoms with Crippen molar-refractivity contribution in [3.05, 3.63) is 101 Å². The maximum atomic E-state index is 9.81. The number of hydrogen-bond acceptors (Lipinski definition) is 4. The molecule has 156 valence electrons. The van der Waals surface area contributed by atoms with Gasteiger partial charge < -0.3 is 15.3 Å². The van der Waals surface area contributed by atoms with Crippen LogP contribution in [-0.2, 0) is 0 Å². The van der Waals surface area contributed by atoms with Crippen molar-refractivity contribution in [2.75, 3.05) is 6.54 Å². The second-order valence-corrected chi connectivity index (χ2v) is 7.62. The van der Waals surface area contributed by atoms with Crippen LogP contribution in [0.25, 0.3) is 11.6 Å². The third kappa shape index (κ3) is 4.53. The molecule has 0 unspecified atom stereocenters. The largest absolute Gasteiger partial charge is 0.508 e. The van der Waals surface area contributed by atoms with Crippen LogP contribution in [0, 0.1) is 0 Å². The summed E-state index contributed by atoms with van der Waals surface area (Å²) in [6.45, 7) is 2.66. The van der Waals surface area contributed by atoms with E-state index in [0.717, 1.165) is 52.0 Å². The molecule has 0 saturated carbocycles. The van der Waals surface area contributed by atoms with Crippen LogP contribution in [0.15, 0.2) is 88.9 Å². The number of benzene rings is 3. The Bertz CT molecular complexity index is 1150. The van der Waals surface area contributed by atoms with Crippen molar-refractivity contribution in [1.82, 2.24) is 0 Å². The van der Waals surface area contributed by atoms with E-state index in [1.165, 1.54) is 0 Å². The Hall–Kier alpha value is -3.79. The highest BCUT2D eigenvalue weighted by atomic mass is 16.3. The van der Waals surface area contributed by atoms with Crippen LogP contribution in [0.1, 0.15) is 36.5 Å². The first-order valence-corrected chi connectivity index (χ1v) is 10.4. The highest BCUT2D eigenvalue weighted by molar-refractivity contribution is 6.19. The molecule has 4 nitrogen and oxygen atoms in total. The molecule has 0 aromatic heterocycles. The number of rotatable bonds is 5. The number of aliphatic imine (C=N–C) groups is 1. The molecule has 0 saturated heterocycles. The second kappa shape index (κ2) is 8.92. The molecule has 0 aliphatic carbocycles. The van der Waals surface area contributed by atoms with Crippen LogP contribution < -0.4 is 0 Å². The van der Waals surface area contributed by atoms with E-state index in [9.17, 15) is 15.3 Å². The zero-order chi connectivity index (χ0) is 21.8. The molecular weight excluding hydrogens is 386 g/mol. The van der Waals surface area contributed by atoms with Crippen molar-refractivity contribution in [2.24, 2.45) is 4.99 Å². The van der Waals surface area contributed by atoms with Crippen molar-refractivity contribution < 1.29 is 15.3 Å². The summed E-state index contributed by atoms with van der Waals surface area (Å²) in [7, 11) is 0. The number of dihydropyridines is 1. The standard InChI is InChI=1S/C27H25NO3/c1-2-3-25-26(19-6-12-23(30)13-7-19)21(16-18-4-10-22(29)11-5-18)17-28-27(25)20-8-14-24(31)15-9-20/h4-16,29-31H,2-3,17H2,1H3/b21-16-. The average molecular weight is 412 g/mol. The molecule has 0 atom stereocenters. The van der Waals surface area contributed by atoms with Gasteiger partial charge in [-0.3, -0.25) is 4.99 Å². The van der Waals surface area contributed by atoms with E-state index in [1.807, 2.05) is 36.4 Å². The summed E-state index contributed by atoms with van der Waals surface area (Å²) in [5.74, 6) is 0.695. The van der Waals surface area contributed by atoms with Crippen LogP contribution in [0.4, 0.5) is 0 Å². The Kier molecular flexibility index (Phi) is 5.89. The minimum atomic E-state index is 0.229. The van der Waals surface area contributed by atoms with Crippen LogP contribution in [0.3, 0.4) is 0 Å². The molecule has 0 amide bonds. The molecule has 1 aliphatic heterocycles. The quantitative estimate of drug-likeness (QED) is 0.486. The van der Waals surface area contributed by atoms with Gasteiger partial charge in [-0.15, -0.1) is 0 Å². The Labute approximate surface area is 182 Å². The van der Waals surface area contributed by atoms with Gasteiger partial charge in [-0.1, -0.05) is 37.6 Å². The molecular formula is C27H25NO3. The van der Waals surface area contributed by atoms with Crippen molar-refractivity contribution in [3.8, 4) is 17.2 Å². The van der Waals surface area contributed by atoms with Gasteiger partial charge in [0.1, 0.15) is 17.2 Å². The van der Waals surface area contributed by atoms with E-state index < -0.39 is 0 Å². The number of hydrogen-bond donors (Lipinski definition) is 3. The number of allylic oxidation sites excluding steroid dienone is 1. The van der Waals surface area contributed by atoms with E-state index in [0.29, 0.717) is 6.54 Å². The van der Waals surface area contributed by atoms with Gasteiger partial charge in [0.15, 0.2) is 0 Å². The smallest absolute Gasteiger partial charge is 0.115 e. The molecule has 3 aromatic rings. The van der Waals surface area contributed by atoms with Gasteiger partial charge in [-0.2, -0.15) is 0 Å². The van der Waals surface area contributed by atoms with E-state index in [4.69, 9.17) is 4.99 Å². The maximum absolute atomic E-state index is 9.81. The minimum Gasteiger partial charge on any atom is -0.508 e. The Balaban J connectivity index is 1.90. The first-order chi connectivity index (χ1) is 15.0. The highest BCUT2D eigenvalue weighted by Crippen LogP contribution is 2.37. The maximum Gasteiger partial charge on any atom is 0.115 e. The normalized spacial score (nSPS) is 15.3. The fraction of sp³-hybridized carbons (Fsp3) is 0.148. The first kappa shape index (κ1) is 20.5. The lowest BCUT2D eigenvalue weighted by molar-refractivity contribution is 0.474. The van der Waals surface area contributed by atoms with Crippen molar-refractivity contribution >= 4 is 17.4 Å². The summed E-state index contributed by atoms with van der Waals surface area (Å²) in [6.07, 6.45) is 3.91. The second-order valence-electron chi connectivity index (χ2n) is 7.62. The Morgan fingerprint density at radius 3 is 1.81 bits per heavy atom. The third-order valence-electron chi connectivity index (χ3n) is 5.35. The molecule has 1 aliphatic rings. The highest BCUT2D eigenvalue weighted by Gasteiger charge is 2.23. The van der Waals surface area contributed by atoms with E-state index >= 15 is 0 Å². The van der Waals surface area contributed by atoms with Gasteiger partial charge >= 0.3 is 0 Å². The topological polar surface area (TPSA) is 73.0 Å². The lowest BCUT2D eigenvalue weighted by Crippen LogP contribution is -2.16. The van der Waals surface area contributed by atoms with Crippen LogP contribution >= 0.6 is 0 Å². The SMILES string of the molecule is CCCC1=C(c2ccc(O)cc2)/C(=C\c2ccc(O)cc2)CN=C1c1ccc(O)cc1. The van der Waals surface area contributed by atoms with E-state index in [1.54, 1.807) is 36.4 Å². The van der Waals surface area contributed by atoms with Crippen LogP contribution in [0.5, 0.6) is 17.2 Å². The monoisotopic (exact) mass is 411 g/mol. The summed E-state index contributed by atoms with van der Waals surface area (Å²) in [6, 6.07) is 21.6. The van der Waals surface area contributed by atoms with Gasteiger partial charge in [-0.05, 0) is 88.9 Å². The van der Waals surface area contributed by atoms with Gasteiger partial charge in [0.25, 0.3) is 0 Å². The fourth-order valence-corrected chi connectivity index (χ4v) is 3.91. The molecule has 0 spiro atoms. The molecule has 3 aromatic carbocycles.